The Bertz CT molecular complexity index is 1070. The van der Waals surface area contributed by atoms with Gasteiger partial charge in [0.05, 0.1) is 11.8 Å². The molecule has 2 aromatic heterocycles. The average molecular weight is 415 g/mol. The minimum atomic E-state index is -0.167. The molecule has 0 spiro atoms. The lowest BCUT2D eigenvalue weighted by molar-refractivity contribution is -0.140. The number of para-hydroxylation sites is 1. The van der Waals surface area contributed by atoms with Crippen LogP contribution >= 0.6 is 0 Å². The lowest BCUT2D eigenvalue weighted by atomic mass is 9.49. The van der Waals surface area contributed by atoms with Gasteiger partial charge in [0.25, 0.3) is 0 Å². The number of anilines is 1. The van der Waals surface area contributed by atoms with Gasteiger partial charge < -0.3 is 9.84 Å². The summed E-state index contributed by atoms with van der Waals surface area (Å²) in [5.41, 5.74) is 2.49. The molecule has 2 heterocycles. The summed E-state index contributed by atoms with van der Waals surface area (Å²) >= 11 is 0. The van der Waals surface area contributed by atoms with Crippen molar-refractivity contribution in [1.29, 1.82) is 0 Å². The minimum Gasteiger partial charge on any atom is -0.339 e. The molecule has 6 heteroatoms. The van der Waals surface area contributed by atoms with Crippen LogP contribution in [0.2, 0.25) is 0 Å². The van der Waals surface area contributed by atoms with Gasteiger partial charge in [0, 0.05) is 23.6 Å². The maximum Gasteiger partial charge on any atom is 0.231 e. The molecule has 0 saturated heterocycles. The molecule has 0 aliphatic heterocycles. The van der Waals surface area contributed by atoms with E-state index in [-0.39, 0.29) is 11.3 Å². The quantitative estimate of drug-likeness (QED) is 0.644. The SMILES string of the molecule is O=C(Nc1ccccc1Cc1nc(-c2cccnc2)no1)C12CC3CC(CC(C3)C1)C2. The minimum absolute atomic E-state index is 0.167. The summed E-state index contributed by atoms with van der Waals surface area (Å²) in [4.78, 5) is 22.1. The Labute approximate surface area is 181 Å². The number of carbonyl (C=O) groups is 1. The number of benzene rings is 1. The van der Waals surface area contributed by atoms with Crippen molar-refractivity contribution in [3.63, 3.8) is 0 Å². The highest BCUT2D eigenvalue weighted by atomic mass is 16.5. The molecule has 0 atom stereocenters. The lowest BCUT2D eigenvalue weighted by Crippen LogP contribution is -2.51. The van der Waals surface area contributed by atoms with Gasteiger partial charge >= 0.3 is 0 Å². The highest BCUT2D eigenvalue weighted by molar-refractivity contribution is 5.96. The van der Waals surface area contributed by atoms with Crippen molar-refractivity contribution in [3.05, 3.63) is 60.2 Å². The highest BCUT2D eigenvalue weighted by Gasteiger charge is 2.54. The highest BCUT2D eigenvalue weighted by Crippen LogP contribution is 2.60. The zero-order valence-corrected chi connectivity index (χ0v) is 17.5. The van der Waals surface area contributed by atoms with Gasteiger partial charge in [0.15, 0.2) is 0 Å². The molecular formula is C25H26N4O2. The third-order valence-electron chi connectivity index (χ3n) is 7.51. The maximum absolute atomic E-state index is 13.5. The first kappa shape index (κ1) is 18.7. The second-order valence-corrected chi connectivity index (χ2v) is 9.74. The molecule has 158 valence electrons. The largest absolute Gasteiger partial charge is 0.339 e. The molecule has 4 bridgehead atoms. The number of hydrogen-bond acceptors (Lipinski definition) is 5. The number of nitrogens with one attached hydrogen (secondary N) is 1. The van der Waals surface area contributed by atoms with Crippen molar-refractivity contribution in [2.24, 2.45) is 23.2 Å². The maximum atomic E-state index is 13.5. The summed E-state index contributed by atoms with van der Waals surface area (Å²) in [7, 11) is 0. The van der Waals surface area contributed by atoms with Crippen molar-refractivity contribution in [3.8, 4) is 11.4 Å². The second kappa shape index (κ2) is 7.29. The Morgan fingerprint density at radius 2 is 1.77 bits per heavy atom. The number of hydrogen-bond donors (Lipinski definition) is 1. The molecule has 7 rings (SSSR count). The van der Waals surface area contributed by atoms with Crippen LogP contribution in [0.25, 0.3) is 11.4 Å². The van der Waals surface area contributed by atoms with Gasteiger partial charge in [-0.25, -0.2) is 0 Å². The van der Waals surface area contributed by atoms with Crippen LogP contribution in [0.4, 0.5) is 5.69 Å². The number of rotatable bonds is 5. The van der Waals surface area contributed by atoms with Crippen LogP contribution in [0.3, 0.4) is 0 Å². The lowest BCUT2D eigenvalue weighted by Gasteiger charge is -2.55. The van der Waals surface area contributed by atoms with Crippen LogP contribution in [0.15, 0.2) is 53.3 Å². The molecule has 1 amide bonds. The topological polar surface area (TPSA) is 80.9 Å². The van der Waals surface area contributed by atoms with Crippen molar-refractivity contribution in [2.45, 2.75) is 44.9 Å². The summed E-state index contributed by atoms with van der Waals surface area (Å²) in [5, 5.41) is 7.37. The molecule has 0 unspecified atom stereocenters. The Balaban J connectivity index is 1.21. The summed E-state index contributed by atoms with van der Waals surface area (Å²) in [6.07, 6.45) is 11.1. The van der Waals surface area contributed by atoms with Crippen LogP contribution in [0, 0.1) is 23.2 Å². The van der Waals surface area contributed by atoms with Crippen LogP contribution in [0.1, 0.15) is 50.0 Å². The van der Waals surface area contributed by atoms with Gasteiger partial charge in [-0.2, -0.15) is 4.98 Å². The fourth-order valence-electron chi connectivity index (χ4n) is 6.54. The molecule has 4 aliphatic carbocycles. The molecule has 4 fully saturated rings. The molecule has 0 radical (unpaired) electrons. The van der Waals surface area contributed by atoms with Gasteiger partial charge in [-0.15, -0.1) is 0 Å². The standard InChI is InChI=1S/C25H26N4O2/c30-24(25-12-16-8-17(13-25)10-18(9-16)14-25)27-21-6-2-1-4-19(21)11-22-28-23(29-31-22)20-5-3-7-26-15-20/h1-7,15-18H,8-14H2,(H,27,30). The van der Waals surface area contributed by atoms with Gasteiger partial charge in [0.2, 0.25) is 17.6 Å². The van der Waals surface area contributed by atoms with Gasteiger partial charge in [-0.1, -0.05) is 23.4 Å². The van der Waals surface area contributed by atoms with E-state index in [4.69, 9.17) is 4.52 Å². The third-order valence-corrected chi connectivity index (χ3v) is 7.51. The van der Waals surface area contributed by atoms with E-state index in [0.29, 0.717) is 18.1 Å². The second-order valence-electron chi connectivity index (χ2n) is 9.74. The summed E-state index contributed by atoms with van der Waals surface area (Å²) < 4.78 is 5.48. The van der Waals surface area contributed by atoms with E-state index in [0.717, 1.165) is 53.8 Å². The Kier molecular flexibility index (Phi) is 4.40. The van der Waals surface area contributed by atoms with E-state index < -0.39 is 0 Å². The number of nitrogens with zero attached hydrogens (tertiary/aromatic N) is 3. The Morgan fingerprint density at radius 3 is 2.48 bits per heavy atom. The molecule has 31 heavy (non-hydrogen) atoms. The first-order chi connectivity index (χ1) is 15.2. The van der Waals surface area contributed by atoms with E-state index in [1.807, 2.05) is 36.4 Å². The fourth-order valence-corrected chi connectivity index (χ4v) is 6.54. The van der Waals surface area contributed by atoms with E-state index in [1.54, 1.807) is 12.4 Å². The van der Waals surface area contributed by atoms with Crippen molar-refractivity contribution < 1.29 is 9.32 Å². The predicted octanol–water partition coefficient (Wildman–Crippen LogP) is 4.88. The number of amides is 1. The van der Waals surface area contributed by atoms with Crippen molar-refractivity contribution in [1.82, 2.24) is 15.1 Å². The van der Waals surface area contributed by atoms with Crippen LogP contribution in [-0.2, 0) is 11.2 Å². The third kappa shape index (κ3) is 3.44. The van der Waals surface area contributed by atoms with E-state index in [9.17, 15) is 4.79 Å². The van der Waals surface area contributed by atoms with Gasteiger partial charge in [-0.05, 0) is 80.0 Å². The molecule has 3 aromatic rings. The van der Waals surface area contributed by atoms with Crippen LogP contribution in [0.5, 0.6) is 0 Å². The van der Waals surface area contributed by atoms with Crippen molar-refractivity contribution >= 4 is 11.6 Å². The number of carbonyl (C=O) groups excluding carboxylic acids is 1. The first-order valence-corrected chi connectivity index (χ1v) is 11.3. The first-order valence-electron chi connectivity index (χ1n) is 11.3. The van der Waals surface area contributed by atoms with E-state index in [2.05, 4.69) is 20.4 Å². The average Bonchev–Trinajstić information content (AvgIpc) is 3.23. The zero-order chi connectivity index (χ0) is 20.8. The van der Waals surface area contributed by atoms with Gasteiger partial charge in [-0.3, -0.25) is 9.78 Å². The van der Waals surface area contributed by atoms with Crippen LogP contribution in [-0.4, -0.2) is 21.0 Å². The van der Waals surface area contributed by atoms with E-state index in [1.165, 1.54) is 19.3 Å². The predicted molar refractivity (Wildman–Crippen MR) is 116 cm³/mol. The van der Waals surface area contributed by atoms with Crippen LogP contribution < -0.4 is 5.32 Å². The monoisotopic (exact) mass is 414 g/mol. The zero-order valence-electron chi connectivity index (χ0n) is 17.5. The number of aromatic nitrogens is 3. The molecule has 4 saturated carbocycles. The Hall–Kier alpha value is -3.02. The Morgan fingerprint density at radius 1 is 1.03 bits per heavy atom. The normalized spacial score (nSPS) is 28.6. The summed E-state index contributed by atoms with van der Waals surface area (Å²) in [5.74, 6) is 3.50. The van der Waals surface area contributed by atoms with Gasteiger partial charge in [0.1, 0.15) is 0 Å². The van der Waals surface area contributed by atoms with E-state index >= 15 is 0 Å². The summed E-state index contributed by atoms with van der Waals surface area (Å²) in [6, 6.07) is 11.7. The summed E-state index contributed by atoms with van der Waals surface area (Å²) in [6.45, 7) is 0. The molecule has 1 N–H and O–H groups in total. The molecular weight excluding hydrogens is 388 g/mol. The fraction of sp³-hybridized carbons (Fsp3) is 0.440. The molecule has 1 aromatic carbocycles. The molecule has 6 nitrogen and oxygen atoms in total. The smallest absolute Gasteiger partial charge is 0.231 e. The number of pyridine rings is 1. The van der Waals surface area contributed by atoms with Crippen molar-refractivity contribution in [2.75, 3.05) is 5.32 Å². The molecule has 4 aliphatic rings.